The van der Waals surface area contributed by atoms with Crippen LogP contribution in [0, 0.1) is 5.41 Å². The summed E-state index contributed by atoms with van der Waals surface area (Å²) in [5, 5.41) is 19.9. The van der Waals surface area contributed by atoms with Gasteiger partial charge in [0.2, 0.25) is 0 Å². The summed E-state index contributed by atoms with van der Waals surface area (Å²) in [4.78, 5) is 29.0. The zero-order chi connectivity index (χ0) is 20.7. The second-order valence-corrected chi connectivity index (χ2v) is 7.48. The van der Waals surface area contributed by atoms with Crippen molar-refractivity contribution < 1.29 is 4.79 Å². The fourth-order valence-electron chi connectivity index (χ4n) is 3.14. The molecule has 4 aromatic rings. The number of nitrogens with one attached hydrogen (secondary N) is 2. The second-order valence-electron chi connectivity index (χ2n) is 6.40. The highest BCUT2D eigenvalue weighted by molar-refractivity contribution is 7.19. The molecule has 0 aromatic carbocycles. The van der Waals surface area contributed by atoms with Crippen LogP contribution in [-0.4, -0.2) is 41.7 Å². The summed E-state index contributed by atoms with van der Waals surface area (Å²) in [6.45, 7) is -0.153. The molecule has 12 heteroatoms. The zero-order valence-corrected chi connectivity index (χ0v) is 16.2. The lowest BCUT2D eigenvalue weighted by atomic mass is 10.2. The summed E-state index contributed by atoms with van der Waals surface area (Å²) in [7, 11) is 1.77. The van der Waals surface area contributed by atoms with Crippen molar-refractivity contribution in [2.75, 3.05) is 0 Å². The number of carbonyl (C=O) groups is 1. The number of aromatic nitrogens is 6. The molecule has 0 aliphatic rings. The predicted octanol–water partition coefficient (Wildman–Crippen LogP) is 0.00627. The van der Waals surface area contributed by atoms with E-state index in [0.29, 0.717) is 23.0 Å². The van der Waals surface area contributed by atoms with Crippen LogP contribution in [0.4, 0.5) is 0 Å². The monoisotopic (exact) mass is 411 g/mol. The van der Waals surface area contributed by atoms with Crippen LogP contribution in [0.5, 0.6) is 0 Å². The highest BCUT2D eigenvalue weighted by Crippen LogP contribution is 2.31. The minimum absolute atomic E-state index is 0.00237. The number of rotatable bonds is 6. The molecule has 0 spiro atoms. The Morgan fingerprint density at radius 3 is 2.86 bits per heavy atom. The van der Waals surface area contributed by atoms with Crippen molar-refractivity contribution in [1.29, 1.82) is 5.41 Å². The van der Waals surface area contributed by atoms with Gasteiger partial charge in [0, 0.05) is 42.7 Å². The van der Waals surface area contributed by atoms with E-state index in [2.05, 4.69) is 20.3 Å². The van der Waals surface area contributed by atoms with Crippen LogP contribution in [-0.2, 0) is 24.8 Å². The van der Waals surface area contributed by atoms with Gasteiger partial charge in [-0.3, -0.25) is 14.7 Å². The minimum atomic E-state index is -0.833. The van der Waals surface area contributed by atoms with Crippen molar-refractivity contribution in [1.82, 2.24) is 29.5 Å². The predicted molar refractivity (Wildman–Crippen MR) is 109 cm³/mol. The van der Waals surface area contributed by atoms with Gasteiger partial charge in [0.05, 0.1) is 23.0 Å². The highest BCUT2D eigenvalue weighted by atomic mass is 32.1. The quantitative estimate of drug-likeness (QED) is 0.257. The largest absolute Gasteiger partial charge is 0.400 e. The Bertz CT molecular complexity index is 1340. The van der Waals surface area contributed by atoms with Crippen LogP contribution in [0.15, 0.2) is 34.5 Å². The minimum Gasteiger partial charge on any atom is -0.400 e. The Kier molecular flexibility index (Phi) is 4.47. The first-order valence-corrected chi connectivity index (χ1v) is 9.33. The number of fused-ring (bicyclic) bond motifs is 3. The maximum Gasteiger partial charge on any atom is 0.291 e. The maximum atomic E-state index is 13.0. The third kappa shape index (κ3) is 3.08. The topological polar surface area (TPSA) is 174 Å². The number of amides is 1. The van der Waals surface area contributed by atoms with Crippen molar-refractivity contribution in [3.05, 3.63) is 50.8 Å². The molecule has 0 radical (unpaired) electrons. The first kappa shape index (κ1) is 18.6. The molecule has 0 saturated heterocycles. The number of nitrogens with two attached hydrogens (primary N) is 2. The summed E-state index contributed by atoms with van der Waals surface area (Å²) < 4.78 is 3.73. The second kappa shape index (κ2) is 6.98. The van der Waals surface area contributed by atoms with Crippen molar-refractivity contribution in [2.24, 2.45) is 18.5 Å². The van der Waals surface area contributed by atoms with Crippen LogP contribution in [0.1, 0.15) is 10.7 Å². The molecule has 29 heavy (non-hydrogen) atoms. The van der Waals surface area contributed by atoms with Gasteiger partial charge in [0.15, 0.2) is 5.65 Å². The Balaban J connectivity index is 1.79. The third-order valence-electron chi connectivity index (χ3n) is 4.55. The van der Waals surface area contributed by atoms with Gasteiger partial charge in [-0.05, 0) is 6.07 Å². The number of carbonyl (C=O) groups excluding carboxylic acids is 1. The molecule has 0 atom stereocenters. The smallest absolute Gasteiger partial charge is 0.291 e. The van der Waals surface area contributed by atoms with E-state index in [1.807, 2.05) is 6.07 Å². The number of aromatic amines is 1. The summed E-state index contributed by atoms with van der Waals surface area (Å²) in [6.07, 6.45) is 4.66. The number of hydrogen-bond acceptors (Lipinski definition) is 8. The molecular formula is C17H17N9O2S. The van der Waals surface area contributed by atoms with E-state index in [4.69, 9.17) is 16.9 Å². The first-order valence-electron chi connectivity index (χ1n) is 8.51. The van der Waals surface area contributed by atoms with Crippen LogP contribution < -0.4 is 17.0 Å². The van der Waals surface area contributed by atoms with E-state index in [-0.39, 0.29) is 23.4 Å². The van der Waals surface area contributed by atoms with Crippen LogP contribution in [0.25, 0.3) is 21.3 Å². The summed E-state index contributed by atoms with van der Waals surface area (Å²) in [5.41, 5.74) is 12.6. The van der Waals surface area contributed by atoms with Gasteiger partial charge in [0.25, 0.3) is 11.5 Å². The molecule has 0 bridgehead atoms. The molecule has 0 fully saturated rings. The fourth-order valence-corrected chi connectivity index (χ4v) is 4.26. The van der Waals surface area contributed by atoms with Gasteiger partial charge in [-0.15, -0.1) is 11.3 Å². The lowest BCUT2D eigenvalue weighted by Crippen LogP contribution is -2.29. The van der Waals surface area contributed by atoms with Gasteiger partial charge in [0.1, 0.15) is 10.5 Å². The lowest BCUT2D eigenvalue weighted by Gasteiger charge is -2.07. The van der Waals surface area contributed by atoms with E-state index in [1.165, 1.54) is 11.3 Å². The van der Waals surface area contributed by atoms with Crippen molar-refractivity contribution in [3.8, 4) is 0 Å². The molecule has 6 N–H and O–H groups in total. The Labute approximate surface area is 167 Å². The standard InChI is InChI=1S/C17H17N9O2S/c1-25-13-10(14-16(25)23-12(29-14)4-8-2-3-21-24-8)6-22-26(17(13)28)7-11(19)9(5-18)15(20)27/h2-3,5-6,18H,4,7,19H2,1H3,(H2,20,27)(H,21,24). The first-order chi connectivity index (χ1) is 13.9. The number of aryl methyl sites for hydroxylation is 1. The molecule has 11 nitrogen and oxygen atoms in total. The molecular weight excluding hydrogens is 394 g/mol. The van der Waals surface area contributed by atoms with Crippen LogP contribution in [0.3, 0.4) is 0 Å². The van der Waals surface area contributed by atoms with E-state index in [1.54, 1.807) is 24.0 Å². The number of allylic oxidation sites excluding steroid dienone is 1. The lowest BCUT2D eigenvalue weighted by molar-refractivity contribution is -0.114. The molecule has 0 aliphatic heterocycles. The summed E-state index contributed by atoms with van der Waals surface area (Å²) >= 11 is 1.49. The molecule has 4 heterocycles. The molecule has 148 valence electrons. The number of thiazole rings is 1. The third-order valence-corrected chi connectivity index (χ3v) is 5.62. The van der Waals surface area contributed by atoms with Gasteiger partial charge in [-0.2, -0.15) is 10.2 Å². The van der Waals surface area contributed by atoms with Gasteiger partial charge < -0.3 is 21.4 Å². The molecule has 0 unspecified atom stereocenters. The average Bonchev–Trinajstić information content (AvgIpc) is 3.37. The number of hydrogen-bond donors (Lipinski definition) is 4. The van der Waals surface area contributed by atoms with E-state index >= 15 is 0 Å². The summed E-state index contributed by atoms with van der Waals surface area (Å²) in [6, 6.07) is 1.89. The number of primary amides is 1. The maximum absolute atomic E-state index is 13.0. The van der Waals surface area contributed by atoms with Gasteiger partial charge >= 0.3 is 0 Å². The van der Waals surface area contributed by atoms with Crippen molar-refractivity contribution >= 4 is 44.7 Å². The Hall–Kier alpha value is -3.80. The normalized spacial score (nSPS) is 12.4. The highest BCUT2D eigenvalue weighted by Gasteiger charge is 2.19. The molecule has 1 amide bonds. The van der Waals surface area contributed by atoms with Crippen molar-refractivity contribution in [2.45, 2.75) is 13.0 Å². The fraction of sp³-hybridized carbons (Fsp3) is 0.176. The molecule has 0 saturated carbocycles. The number of H-pyrrole nitrogens is 1. The van der Waals surface area contributed by atoms with Gasteiger partial charge in [-0.1, -0.05) is 0 Å². The molecule has 4 aromatic heterocycles. The van der Waals surface area contributed by atoms with E-state index < -0.39 is 5.91 Å². The Morgan fingerprint density at radius 1 is 1.41 bits per heavy atom. The molecule has 4 rings (SSSR count). The SMILES string of the molecule is Cn1c2nc(Cc3ccn[nH]3)sc2c2cnn(CC(N)=C(C=N)C(N)=O)c(=O)c21. The Morgan fingerprint density at radius 2 is 2.21 bits per heavy atom. The van der Waals surface area contributed by atoms with Crippen molar-refractivity contribution in [3.63, 3.8) is 0 Å². The van der Waals surface area contributed by atoms with E-state index in [0.717, 1.165) is 26.3 Å². The van der Waals surface area contributed by atoms with Gasteiger partial charge in [-0.25, -0.2) is 9.67 Å². The zero-order valence-electron chi connectivity index (χ0n) is 15.3. The average molecular weight is 411 g/mol. The number of nitrogens with zero attached hydrogens (tertiary/aromatic N) is 5. The van der Waals surface area contributed by atoms with Crippen LogP contribution in [0.2, 0.25) is 0 Å². The molecule has 0 aliphatic carbocycles. The van der Waals surface area contributed by atoms with Crippen LogP contribution >= 0.6 is 11.3 Å². The van der Waals surface area contributed by atoms with E-state index in [9.17, 15) is 9.59 Å². The summed E-state index contributed by atoms with van der Waals surface area (Å²) in [5.74, 6) is -0.833.